The number of nitrogens with zero attached hydrogens (tertiary/aromatic N) is 2. The van der Waals surface area contributed by atoms with Crippen molar-refractivity contribution < 1.29 is 9.59 Å². The zero-order valence-corrected chi connectivity index (χ0v) is 13.7. The van der Waals surface area contributed by atoms with Gasteiger partial charge in [0.15, 0.2) is 0 Å². The minimum atomic E-state index is -0.529. The van der Waals surface area contributed by atoms with E-state index in [-0.39, 0.29) is 11.8 Å². The van der Waals surface area contributed by atoms with Crippen LogP contribution in [0.3, 0.4) is 0 Å². The highest BCUT2D eigenvalue weighted by atomic mass is 35.5. The number of para-hydroxylation sites is 1. The number of carbonyl (C=O) groups is 2. The molecule has 1 atom stereocenters. The molecule has 7 heteroatoms. The lowest BCUT2D eigenvalue weighted by atomic mass is 10.2. The van der Waals surface area contributed by atoms with Gasteiger partial charge in [-0.05, 0) is 24.6 Å². The average molecular weight is 348 g/mol. The second kappa shape index (κ2) is 6.93. The van der Waals surface area contributed by atoms with E-state index in [0.29, 0.717) is 23.7 Å². The first kappa shape index (κ1) is 15.7. The molecule has 0 radical (unpaired) electrons. The lowest BCUT2D eigenvalue weighted by molar-refractivity contribution is -0.123. The number of benzene rings is 1. The highest BCUT2D eigenvalue weighted by molar-refractivity contribution is 7.07. The molecule has 3 rings (SSSR count). The third-order valence-corrected chi connectivity index (χ3v) is 4.45. The highest BCUT2D eigenvalue weighted by Gasteiger charge is 2.33. The zero-order chi connectivity index (χ0) is 16.2. The monoisotopic (exact) mass is 347 g/mol. The molecule has 1 aliphatic heterocycles. The Balaban J connectivity index is 1.63. The van der Waals surface area contributed by atoms with Crippen molar-refractivity contribution >= 4 is 46.5 Å². The standard InChI is InChI=1S/C16H14ClN3O2S/c17-12-3-1-2-4-14(12)20-8-7-13(16(20)22)19-15(21)6-5-11-9-23-10-18-11/h1-6,9-10,13H,7-8H2,(H,19,21)/b6-5+. The Kier molecular flexibility index (Phi) is 4.73. The number of hydrogen-bond acceptors (Lipinski definition) is 4. The highest BCUT2D eigenvalue weighted by Crippen LogP contribution is 2.28. The van der Waals surface area contributed by atoms with Crippen LogP contribution in [0.15, 0.2) is 41.2 Å². The van der Waals surface area contributed by atoms with Crippen LogP contribution in [0, 0.1) is 0 Å². The minimum Gasteiger partial charge on any atom is -0.341 e. The average Bonchev–Trinajstić information content (AvgIpc) is 3.17. The first-order chi connectivity index (χ1) is 11.1. The van der Waals surface area contributed by atoms with Gasteiger partial charge in [0.2, 0.25) is 11.8 Å². The fraction of sp³-hybridized carbons (Fsp3) is 0.188. The SMILES string of the molecule is O=C(/C=C/c1cscn1)NC1CCN(c2ccccc2Cl)C1=O. The topological polar surface area (TPSA) is 62.3 Å². The summed E-state index contributed by atoms with van der Waals surface area (Å²) < 4.78 is 0. The van der Waals surface area contributed by atoms with Gasteiger partial charge in [-0.25, -0.2) is 4.98 Å². The zero-order valence-electron chi connectivity index (χ0n) is 12.1. The Bertz CT molecular complexity index is 746. The third kappa shape index (κ3) is 3.60. The van der Waals surface area contributed by atoms with E-state index in [9.17, 15) is 9.59 Å². The number of thiazole rings is 1. The summed E-state index contributed by atoms with van der Waals surface area (Å²) in [4.78, 5) is 30.0. The van der Waals surface area contributed by atoms with E-state index in [1.807, 2.05) is 17.5 Å². The Labute approximate surface area is 142 Å². The molecule has 1 aliphatic rings. The van der Waals surface area contributed by atoms with E-state index >= 15 is 0 Å². The number of carbonyl (C=O) groups excluding carboxylic acids is 2. The molecule has 0 saturated carbocycles. The van der Waals surface area contributed by atoms with Crippen molar-refractivity contribution in [2.75, 3.05) is 11.4 Å². The summed E-state index contributed by atoms with van der Waals surface area (Å²) in [6, 6.07) is 6.66. The van der Waals surface area contributed by atoms with E-state index in [4.69, 9.17) is 11.6 Å². The van der Waals surface area contributed by atoms with Crippen molar-refractivity contribution in [1.29, 1.82) is 0 Å². The minimum absolute atomic E-state index is 0.145. The van der Waals surface area contributed by atoms with Crippen LogP contribution in [0.4, 0.5) is 5.69 Å². The number of aromatic nitrogens is 1. The number of halogens is 1. The van der Waals surface area contributed by atoms with Gasteiger partial charge in [-0.15, -0.1) is 11.3 Å². The molecule has 23 heavy (non-hydrogen) atoms. The summed E-state index contributed by atoms with van der Waals surface area (Å²) in [5.74, 6) is -0.453. The van der Waals surface area contributed by atoms with E-state index < -0.39 is 6.04 Å². The Hall–Kier alpha value is -2.18. The Morgan fingerprint density at radius 2 is 2.26 bits per heavy atom. The number of rotatable bonds is 4. The fourth-order valence-corrected chi connectivity index (χ4v) is 3.17. The molecule has 2 amide bonds. The van der Waals surface area contributed by atoms with Gasteiger partial charge >= 0.3 is 0 Å². The molecular formula is C16H14ClN3O2S. The van der Waals surface area contributed by atoms with Crippen molar-refractivity contribution in [3.05, 3.63) is 51.9 Å². The molecule has 1 aromatic heterocycles. The maximum absolute atomic E-state index is 12.4. The van der Waals surface area contributed by atoms with Gasteiger partial charge in [0.25, 0.3) is 0 Å². The fourth-order valence-electron chi connectivity index (χ4n) is 2.41. The molecule has 1 aromatic carbocycles. The van der Waals surface area contributed by atoms with Crippen LogP contribution >= 0.6 is 22.9 Å². The lowest BCUT2D eigenvalue weighted by Gasteiger charge is -2.18. The van der Waals surface area contributed by atoms with Gasteiger partial charge in [-0.1, -0.05) is 23.7 Å². The van der Waals surface area contributed by atoms with Crippen LogP contribution in [0.2, 0.25) is 5.02 Å². The molecule has 1 fully saturated rings. The van der Waals surface area contributed by atoms with Gasteiger partial charge in [0.1, 0.15) is 6.04 Å². The quantitative estimate of drug-likeness (QED) is 0.865. The van der Waals surface area contributed by atoms with Gasteiger partial charge in [-0.3, -0.25) is 9.59 Å². The molecule has 1 unspecified atom stereocenters. The number of hydrogen-bond donors (Lipinski definition) is 1. The molecule has 118 valence electrons. The first-order valence-electron chi connectivity index (χ1n) is 7.08. The van der Waals surface area contributed by atoms with E-state index in [2.05, 4.69) is 10.3 Å². The van der Waals surface area contributed by atoms with Crippen molar-refractivity contribution in [3.63, 3.8) is 0 Å². The smallest absolute Gasteiger partial charge is 0.249 e. The van der Waals surface area contributed by atoms with Crippen molar-refractivity contribution in [2.24, 2.45) is 0 Å². The summed E-state index contributed by atoms with van der Waals surface area (Å²) in [5, 5.41) is 5.09. The maximum atomic E-state index is 12.4. The summed E-state index contributed by atoms with van der Waals surface area (Å²) in [6.45, 7) is 0.531. The van der Waals surface area contributed by atoms with Gasteiger partial charge in [0, 0.05) is 18.0 Å². The van der Waals surface area contributed by atoms with Crippen LogP contribution in [0.25, 0.3) is 6.08 Å². The predicted molar refractivity (Wildman–Crippen MR) is 91.5 cm³/mol. The number of amides is 2. The molecular weight excluding hydrogens is 334 g/mol. The van der Waals surface area contributed by atoms with Crippen molar-refractivity contribution in [2.45, 2.75) is 12.5 Å². The van der Waals surface area contributed by atoms with Gasteiger partial charge < -0.3 is 10.2 Å². The number of anilines is 1. The summed E-state index contributed by atoms with van der Waals surface area (Å²) >= 11 is 7.59. The summed E-state index contributed by atoms with van der Waals surface area (Å²) in [5.41, 5.74) is 3.09. The Morgan fingerprint density at radius 1 is 1.43 bits per heavy atom. The second-order valence-electron chi connectivity index (χ2n) is 5.04. The van der Waals surface area contributed by atoms with Crippen LogP contribution in [-0.2, 0) is 9.59 Å². The van der Waals surface area contributed by atoms with Gasteiger partial charge in [0.05, 0.1) is 21.9 Å². The molecule has 1 saturated heterocycles. The largest absolute Gasteiger partial charge is 0.341 e. The van der Waals surface area contributed by atoms with E-state index in [1.54, 1.807) is 28.6 Å². The van der Waals surface area contributed by atoms with Gasteiger partial charge in [-0.2, -0.15) is 0 Å². The van der Waals surface area contributed by atoms with Crippen molar-refractivity contribution in [1.82, 2.24) is 10.3 Å². The molecule has 1 N–H and O–H groups in total. The van der Waals surface area contributed by atoms with E-state index in [0.717, 1.165) is 5.69 Å². The van der Waals surface area contributed by atoms with E-state index in [1.165, 1.54) is 17.4 Å². The molecule has 5 nitrogen and oxygen atoms in total. The molecule has 2 heterocycles. The predicted octanol–water partition coefficient (Wildman–Crippen LogP) is 2.73. The first-order valence-corrected chi connectivity index (χ1v) is 8.40. The normalized spacial score (nSPS) is 17.9. The molecule has 0 bridgehead atoms. The van der Waals surface area contributed by atoms with Crippen LogP contribution < -0.4 is 10.2 Å². The summed E-state index contributed by atoms with van der Waals surface area (Å²) in [6.07, 6.45) is 3.57. The molecule has 2 aromatic rings. The third-order valence-electron chi connectivity index (χ3n) is 3.52. The molecule has 0 aliphatic carbocycles. The summed E-state index contributed by atoms with van der Waals surface area (Å²) in [7, 11) is 0. The number of nitrogens with one attached hydrogen (secondary N) is 1. The maximum Gasteiger partial charge on any atom is 0.249 e. The van der Waals surface area contributed by atoms with Crippen LogP contribution in [0.5, 0.6) is 0 Å². The molecule has 0 spiro atoms. The van der Waals surface area contributed by atoms with Crippen LogP contribution in [-0.4, -0.2) is 29.4 Å². The lowest BCUT2D eigenvalue weighted by Crippen LogP contribution is -2.40. The van der Waals surface area contributed by atoms with Crippen molar-refractivity contribution in [3.8, 4) is 0 Å². The second-order valence-corrected chi connectivity index (χ2v) is 6.16. The Morgan fingerprint density at radius 3 is 3.00 bits per heavy atom. The van der Waals surface area contributed by atoms with Crippen LogP contribution in [0.1, 0.15) is 12.1 Å².